The second kappa shape index (κ2) is 22.8. The average Bonchev–Trinajstić information content (AvgIpc) is 3.80. The van der Waals surface area contributed by atoms with E-state index in [0.29, 0.717) is 29.6 Å². The molecule has 3 saturated carbocycles. The summed E-state index contributed by atoms with van der Waals surface area (Å²) in [6.45, 7) is 22.0. The van der Waals surface area contributed by atoms with E-state index in [1.165, 1.54) is 87.0 Å². The fourth-order valence-corrected chi connectivity index (χ4v) is 18.4. The van der Waals surface area contributed by atoms with E-state index in [-0.39, 0.29) is 71.2 Å². The number of fused-ring (bicyclic) bond motifs is 5. The number of nitro benzene ring substituents is 1. The van der Waals surface area contributed by atoms with Gasteiger partial charge in [0.05, 0.1) is 36.5 Å². The molecule has 2 amide bonds. The number of nitro groups is 1. The second-order valence-electron chi connectivity index (χ2n) is 22.5. The van der Waals surface area contributed by atoms with Crippen LogP contribution in [0.5, 0.6) is 11.5 Å². The number of likely N-dealkylation sites (tertiary alicyclic amines) is 1. The minimum Gasteiger partial charge on any atom is -0.520 e. The van der Waals surface area contributed by atoms with Crippen molar-refractivity contribution in [3.05, 3.63) is 75.9 Å². The van der Waals surface area contributed by atoms with Crippen molar-refractivity contribution in [2.45, 2.75) is 168 Å². The predicted octanol–water partition coefficient (Wildman–Crippen LogP) is 13.3. The Morgan fingerprint density at radius 3 is 2.25 bits per heavy atom. The van der Waals surface area contributed by atoms with Crippen LogP contribution in [-0.4, -0.2) is 73.2 Å². The number of nitrogens with zero attached hydrogens (tertiary/aromatic N) is 2. The Hall–Kier alpha value is -3.72. The van der Waals surface area contributed by atoms with Crippen LogP contribution in [0.1, 0.15) is 145 Å². The van der Waals surface area contributed by atoms with Crippen molar-refractivity contribution in [2.75, 3.05) is 26.4 Å². The molecule has 5 aliphatic rings. The van der Waals surface area contributed by atoms with Crippen LogP contribution in [-0.2, 0) is 30.1 Å². The van der Waals surface area contributed by atoms with Gasteiger partial charge in [-0.1, -0.05) is 105 Å². The minimum atomic E-state index is -2.84. The summed E-state index contributed by atoms with van der Waals surface area (Å²) in [5, 5.41) is 10.9. The van der Waals surface area contributed by atoms with Crippen molar-refractivity contribution < 1.29 is 42.4 Å². The molecule has 1 saturated heterocycles. The quantitative estimate of drug-likeness (QED) is 0.0162. The topological polar surface area (TPSA) is 144 Å². The zero-order valence-corrected chi connectivity index (χ0v) is 44.7. The van der Waals surface area contributed by atoms with Crippen molar-refractivity contribution in [3.63, 3.8) is 0 Å². The highest BCUT2D eigenvalue weighted by atomic mass is 32.2. The second-order valence-corrected chi connectivity index (χ2v) is 28.2. The maximum absolute atomic E-state index is 13.7. The molecular formula is C55H80N2O10SSi. The van der Waals surface area contributed by atoms with Gasteiger partial charge < -0.3 is 23.1 Å². The Bertz CT molecular complexity index is 2120. The first-order valence-electron chi connectivity index (χ1n) is 26.1. The highest BCUT2D eigenvalue weighted by Gasteiger charge is 2.59. The standard InChI is InChI=1S/C55H80N2O10SSi/c1-36(2)11-10-12-39(7)47-23-24-48-46-22-15-41-33-45(25-27-54(41,8)49(46)26-28-55(47,48)9)68-50-34-51(58)56(52(50)59)29-30-63-31-32-65-69(37(3)4,38(5)6)67-44-18-13-40(14-19-44)35-64-53(60)66-43-20-16-42(17-21-43)57(61)62/h13-21,36-39,45-50H,10-12,22-35H2,1-9H3/t39-,45+,46+,47-,48+,49+,50?,54+,55-/m1/s1. The zero-order chi connectivity index (χ0) is 49.7. The van der Waals surface area contributed by atoms with Crippen LogP contribution in [0.25, 0.3) is 0 Å². The third-order valence-electron chi connectivity index (χ3n) is 17.2. The SMILES string of the molecule is CC(C)CCC[C@@H](C)[C@H]1CC[C@H]2[C@@H]3CC=C4C[C@@H](SC5CC(=O)N(CCOCCO[Si](Oc6ccc(COC(=O)Oc7ccc([N+](=O)[O-])cc7)cc6)(C(C)C)C(C)C)C5=O)CC[C@]4(C)[C@H]3CC[C@]12C. The van der Waals surface area contributed by atoms with Crippen LogP contribution in [0.4, 0.5) is 10.5 Å². The number of allylic oxidation sites excluding steroid dienone is 2. The molecule has 380 valence electrons. The van der Waals surface area contributed by atoms with Crippen molar-refractivity contribution in [1.29, 1.82) is 0 Å². The molecule has 0 aromatic heterocycles. The Kier molecular flexibility index (Phi) is 17.5. The van der Waals surface area contributed by atoms with Crippen LogP contribution >= 0.6 is 11.8 Å². The highest BCUT2D eigenvalue weighted by Crippen LogP contribution is 2.67. The van der Waals surface area contributed by atoms with E-state index in [9.17, 15) is 24.5 Å². The Morgan fingerprint density at radius 2 is 1.57 bits per heavy atom. The molecule has 2 aromatic rings. The summed E-state index contributed by atoms with van der Waals surface area (Å²) in [5.41, 5.74) is 3.20. The number of ether oxygens (including phenoxy) is 3. The Balaban J connectivity index is 0.834. The number of hydrogen-bond donors (Lipinski definition) is 0. The smallest absolute Gasteiger partial charge is 0.514 e. The summed E-state index contributed by atoms with van der Waals surface area (Å²) < 4.78 is 29.6. The summed E-state index contributed by atoms with van der Waals surface area (Å²) in [7, 11) is -2.84. The van der Waals surface area contributed by atoms with Gasteiger partial charge in [0.25, 0.3) is 5.69 Å². The van der Waals surface area contributed by atoms with E-state index in [1.807, 2.05) is 12.1 Å². The summed E-state index contributed by atoms with van der Waals surface area (Å²) in [6.07, 6.45) is 16.2. The van der Waals surface area contributed by atoms with E-state index < -0.39 is 19.6 Å². The lowest BCUT2D eigenvalue weighted by Crippen LogP contribution is -2.51. The molecule has 12 nitrogen and oxygen atoms in total. The normalized spacial score (nSPS) is 28.3. The summed E-state index contributed by atoms with van der Waals surface area (Å²) in [4.78, 5) is 50.9. The fraction of sp³-hybridized carbons (Fsp3) is 0.691. The molecule has 14 heteroatoms. The van der Waals surface area contributed by atoms with E-state index in [1.54, 1.807) is 29.5 Å². The molecule has 69 heavy (non-hydrogen) atoms. The molecule has 0 radical (unpaired) electrons. The first-order chi connectivity index (χ1) is 32.8. The predicted molar refractivity (Wildman–Crippen MR) is 273 cm³/mol. The van der Waals surface area contributed by atoms with Gasteiger partial charge in [0.15, 0.2) is 0 Å². The molecular weight excluding hydrogens is 909 g/mol. The third kappa shape index (κ3) is 12.0. The van der Waals surface area contributed by atoms with E-state index in [2.05, 4.69) is 68.4 Å². The molecule has 1 unspecified atom stereocenters. The van der Waals surface area contributed by atoms with Crippen LogP contribution in [0.15, 0.2) is 60.2 Å². The largest absolute Gasteiger partial charge is 0.520 e. The molecule has 1 aliphatic heterocycles. The number of amides is 2. The fourth-order valence-electron chi connectivity index (χ4n) is 13.5. The lowest BCUT2D eigenvalue weighted by atomic mass is 9.47. The highest BCUT2D eigenvalue weighted by molar-refractivity contribution is 8.01. The minimum absolute atomic E-state index is 0.0386. The van der Waals surface area contributed by atoms with Gasteiger partial charge >= 0.3 is 14.7 Å². The molecule has 0 bridgehead atoms. The summed E-state index contributed by atoms with van der Waals surface area (Å²) in [5.74, 6) is 5.49. The molecule has 4 fully saturated rings. The van der Waals surface area contributed by atoms with Crippen LogP contribution in [0.3, 0.4) is 0 Å². The van der Waals surface area contributed by atoms with Crippen molar-refractivity contribution in [2.24, 2.45) is 46.3 Å². The molecule has 0 spiro atoms. The number of imide groups is 1. The van der Waals surface area contributed by atoms with Crippen molar-refractivity contribution in [1.82, 2.24) is 4.90 Å². The lowest BCUT2D eigenvalue weighted by Gasteiger charge is -2.58. The van der Waals surface area contributed by atoms with Crippen molar-refractivity contribution >= 4 is 44.0 Å². The van der Waals surface area contributed by atoms with Crippen LogP contribution < -0.4 is 9.16 Å². The van der Waals surface area contributed by atoms with Crippen molar-refractivity contribution in [3.8, 4) is 11.5 Å². The monoisotopic (exact) mass is 989 g/mol. The molecule has 4 aliphatic carbocycles. The Morgan fingerprint density at radius 1 is 0.855 bits per heavy atom. The maximum Gasteiger partial charge on any atom is 0.514 e. The lowest BCUT2D eigenvalue weighted by molar-refractivity contribution is -0.384. The van der Waals surface area contributed by atoms with Gasteiger partial charge in [-0.25, -0.2) is 4.79 Å². The van der Waals surface area contributed by atoms with Gasteiger partial charge in [-0.2, -0.15) is 0 Å². The third-order valence-corrected chi connectivity index (χ3v) is 23.2. The zero-order valence-electron chi connectivity index (χ0n) is 42.9. The number of carbonyl (C=O) groups is 3. The Labute approximate surface area is 417 Å². The van der Waals surface area contributed by atoms with Gasteiger partial charge in [0, 0.05) is 34.9 Å². The van der Waals surface area contributed by atoms with Gasteiger partial charge in [0.1, 0.15) is 18.1 Å². The van der Waals surface area contributed by atoms with Gasteiger partial charge in [-0.3, -0.25) is 24.6 Å². The number of hydrogen-bond acceptors (Lipinski definition) is 11. The van der Waals surface area contributed by atoms with E-state index in [0.717, 1.165) is 53.9 Å². The number of thioether (sulfide) groups is 1. The molecule has 9 atom stereocenters. The van der Waals surface area contributed by atoms with E-state index in [4.69, 9.17) is 23.1 Å². The van der Waals surface area contributed by atoms with Crippen LogP contribution in [0.2, 0.25) is 11.1 Å². The molecule has 2 aromatic carbocycles. The average molecular weight is 989 g/mol. The first-order valence-corrected chi connectivity index (χ1v) is 29.0. The number of carbonyl (C=O) groups excluding carboxylic acids is 3. The van der Waals surface area contributed by atoms with Crippen LogP contribution in [0, 0.1) is 56.5 Å². The van der Waals surface area contributed by atoms with Gasteiger partial charge in [0.2, 0.25) is 11.8 Å². The van der Waals surface area contributed by atoms with E-state index >= 15 is 0 Å². The summed E-state index contributed by atoms with van der Waals surface area (Å²) >= 11 is 1.75. The van der Waals surface area contributed by atoms with Gasteiger partial charge in [-0.15, -0.1) is 11.8 Å². The summed E-state index contributed by atoms with van der Waals surface area (Å²) in [6, 6.07) is 12.4. The molecule has 1 heterocycles. The molecule has 7 rings (SSSR count). The van der Waals surface area contributed by atoms with Gasteiger partial charge in [-0.05, 0) is 128 Å². The molecule has 0 N–H and O–H groups in total. The number of non-ortho nitro benzene ring substituents is 1. The number of benzene rings is 2. The maximum atomic E-state index is 13.7. The number of rotatable bonds is 22. The first kappa shape index (κ1) is 53.1.